The van der Waals surface area contributed by atoms with Gasteiger partial charge in [0.25, 0.3) is 0 Å². The number of aromatic hydroxyl groups is 1. The van der Waals surface area contributed by atoms with Gasteiger partial charge in [-0.1, -0.05) is 56.0 Å². The van der Waals surface area contributed by atoms with Crippen LogP contribution in [0, 0.1) is 0 Å². The van der Waals surface area contributed by atoms with Gasteiger partial charge in [-0.25, -0.2) is 0 Å². The van der Waals surface area contributed by atoms with E-state index >= 15 is 0 Å². The van der Waals surface area contributed by atoms with E-state index < -0.39 is 17.5 Å². The van der Waals surface area contributed by atoms with E-state index in [-0.39, 0.29) is 17.2 Å². The van der Waals surface area contributed by atoms with E-state index in [1.54, 1.807) is 12.1 Å². The summed E-state index contributed by atoms with van der Waals surface area (Å²) < 4.78 is 0. The lowest BCUT2D eigenvalue weighted by Gasteiger charge is -2.34. The number of aliphatic hydroxyl groups is 1. The van der Waals surface area contributed by atoms with Gasteiger partial charge >= 0.3 is 5.97 Å². The molecule has 1 amide bonds. The zero-order valence-corrected chi connectivity index (χ0v) is 24.2. The van der Waals surface area contributed by atoms with Crippen LogP contribution in [0.4, 0.5) is 0 Å². The molecule has 0 aliphatic heterocycles. The number of hydrogen-bond donors (Lipinski definition) is 6. The van der Waals surface area contributed by atoms with Gasteiger partial charge in [-0.15, -0.1) is 0 Å². The lowest BCUT2D eigenvalue weighted by Crippen LogP contribution is -2.37. The van der Waals surface area contributed by atoms with Crippen LogP contribution in [0.1, 0.15) is 87.0 Å². The predicted molar refractivity (Wildman–Crippen MR) is 163 cm³/mol. The lowest BCUT2D eigenvalue weighted by atomic mass is 9.69. The summed E-state index contributed by atoms with van der Waals surface area (Å²) in [6.45, 7) is 1.69. The third kappa shape index (κ3) is 7.98. The van der Waals surface area contributed by atoms with Crippen LogP contribution in [0.25, 0.3) is 10.9 Å². The quantitative estimate of drug-likeness (QED) is 0.146. The first-order chi connectivity index (χ1) is 20.3. The molecule has 0 spiro atoms. The molecular weight excluding hydrogens is 534 g/mol. The van der Waals surface area contributed by atoms with Crippen molar-refractivity contribution in [1.82, 2.24) is 15.6 Å². The number of pyridine rings is 1. The van der Waals surface area contributed by atoms with E-state index in [1.807, 2.05) is 24.3 Å². The lowest BCUT2D eigenvalue weighted by molar-refractivity contribution is -0.145. The molecule has 9 heteroatoms. The van der Waals surface area contributed by atoms with E-state index in [0.29, 0.717) is 55.2 Å². The maximum atomic E-state index is 12.3. The number of fused-ring (bicyclic) bond motifs is 1. The van der Waals surface area contributed by atoms with Gasteiger partial charge in [-0.3, -0.25) is 14.4 Å². The van der Waals surface area contributed by atoms with Gasteiger partial charge < -0.3 is 30.9 Å². The Morgan fingerprint density at radius 3 is 2.52 bits per heavy atom. The molecule has 226 valence electrons. The van der Waals surface area contributed by atoms with Gasteiger partial charge in [0.2, 0.25) is 11.5 Å². The van der Waals surface area contributed by atoms with Gasteiger partial charge in [0, 0.05) is 31.0 Å². The van der Waals surface area contributed by atoms with E-state index in [2.05, 4.69) is 15.6 Å². The van der Waals surface area contributed by atoms with Crippen LogP contribution in [0.5, 0.6) is 5.75 Å². The van der Waals surface area contributed by atoms with E-state index in [1.165, 1.54) is 12.1 Å². The van der Waals surface area contributed by atoms with Crippen molar-refractivity contribution < 1.29 is 24.9 Å². The summed E-state index contributed by atoms with van der Waals surface area (Å²) in [7, 11) is 0. The van der Waals surface area contributed by atoms with Crippen molar-refractivity contribution in [2.45, 2.75) is 82.1 Å². The summed E-state index contributed by atoms with van der Waals surface area (Å²) in [5, 5.41) is 37.4. The minimum Gasteiger partial charge on any atom is -0.506 e. The number of unbranched alkanes of at least 4 members (excludes halogenated alkanes) is 2. The number of carbonyl (C=O) groups is 2. The summed E-state index contributed by atoms with van der Waals surface area (Å²) in [6, 6.07) is 14.0. The fourth-order valence-electron chi connectivity index (χ4n) is 6.03. The SMILES string of the molecule is O=C(CCCc1cccc(C2(C(=O)O)CCCCC2)c1)NCCCCCNCC(O)c1ccc(O)c2[nH]c(=O)ccc12. The van der Waals surface area contributed by atoms with E-state index in [0.717, 1.165) is 62.6 Å². The molecule has 0 radical (unpaired) electrons. The topological polar surface area (TPSA) is 152 Å². The smallest absolute Gasteiger partial charge is 0.314 e. The first-order valence-corrected chi connectivity index (χ1v) is 15.1. The number of amides is 1. The van der Waals surface area contributed by atoms with E-state index in [9.17, 15) is 29.7 Å². The normalized spacial score (nSPS) is 15.4. The van der Waals surface area contributed by atoms with Crippen LogP contribution in [0.2, 0.25) is 0 Å². The first-order valence-electron chi connectivity index (χ1n) is 15.1. The van der Waals surface area contributed by atoms with Crippen LogP contribution >= 0.6 is 0 Å². The minimum absolute atomic E-state index is 0.0316. The third-order valence-corrected chi connectivity index (χ3v) is 8.42. The van der Waals surface area contributed by atoms with Gasteiger partial charge in [0.15, 0.2) is 0 Å². The number of aliphatic hydroxyl groups excluding tert-OH is 1. The van der Waals surface area contributed by atoms with E-state index in [4.69, 9.17) is 0 Å². The summed E-state index contributed by atoms with van der Waals surface area (Å²) in [5.74, 6) is -0.729. The molecule has 1 aromatic heterocycles. The second-order valence-corrected chi connectivity index (χ2v) is 11.4. The maximum Gasteiger partial charge on any atom is 0.314 e. The predicted octanol–water partition coefficient (Wildman–Crippen LogP) is 4.45. The van der Waals surface area contributed by atoms with Gasteiger partial charge in [0.1, 0.15) is 5.75 Å². The van der Waals surface area contributed by atoms with Crippen LogP contribution in [0.15, 0.2) is 53.3 Å². The number of aliphatic carboxylic acids is 1. The van der Waals surface area contributed by atoms with Gasteiger partial charge in [0.05, 0.1) is 17.0 Å². The summed E-state index contributed by atoms with van der Waals surface area (Å²) in [6.07, 6.45) is 8.17. The Labute approximate surface area is 246 Å². The average molecular weight is 578 g/mol. The highest BCUT2D eigenvalue weighted by atomic mass is 16.4. The number of aryl methyl sites for hydroxylation is 1. The first kappa shape index (κ1) is 31.3. The molecule has 4 rings (SSSR count). The Morgan fingerprint density at radius 2 is 1.74 bits per heavy atom. The zero-order valence-electron chi connectivity index (χ0n) is 24.2. The number of rotatable bonds is 15. The Balaban J connectivity index is 1.09. The minimum atomic E-state index is -0.786. The molecule has 42 heavy (non-hydrogen) atoms. The number of carboxylic acid groups (broad SMARTS) is 1. The highest BCUT2D eigenvalue weighted by molar-refractivity contribution is 5.87. The maximum absolute atomic E-state index is 12.3. The monoisotopic (exact) mass is 577 g/mol. The standard InChI is InChI=1S/C33H43N3O6/c37-27-15-13-25(26-14-16-30(40)36-31(26)27)28(38)22-34-19-5-2-6-20-35-29(39)12-8-10-23-9-7-11-24(21-23)33(32(41)42)17-3-1-4-18-33/h7,9,11,13-16,21,28,34,37-38H,1-6,8,10,12,17-20,22H2,(H,35,39)(H,36,40)(H,41,42). The molecule has 1 unspecified atom stereocenters. The number of carbonyl (C=O) groups excluding carboxylic acids is 1. The van der Waals surface area contributed by atoms with Crippen LogP contribution < -0.4 is 16.2 Å². The van der Waals surface area contributed by atoms with Crippen molar-refractivity contribution in [3.8, 4) is 5.75 Å². The fourth-order valence-corrected chi connectivity index (χ4v) is 6.03. The average Bonchev–Trinajstić information content (AvgIpc) is 2.99. The molecule has 1 fully saturated rings. The fraction of sp³-hybridized carbons (Fsp3) is 0.485. The van der Waals surface area contributed by atoms with Crippen molar-refractivity contribution in [3.63, 3.8) is 0 Å². The number of H-pyrrole nitrogens is 1. The molecule has 1 aliphatic rings. The van der Waals surface area contributed by atoms with Crippen molar-refractivity contribution in [3.05, 3.63) is 75.6 Å². The van der Waals surface area contributed by atoms with Crippen molar-refractivity contribution in [2.75, 3.05) is 19.6 Å². The van der Waals surface area contributed by atoms with Crippen LogP contribution in [-0.2, 0) is 21.4 Å². The van der Waals surface area contributed by atoms with Gasteiger partial charge in [-0.05, 0) is 73.9 Å². The highest BCUT2D eigenvalue weighted by Gasteiger charge is 2.41. The molecule has 1 atom stereocenters. The molecule has 2 aromatic carbocycles. The number of benzene rings is 2. The largest absolute Gasteiger partial charge is 0.506 e. The molecule has 0 bridgehead atoms. The van der Waals surface area contributed by atoms with Gasteiger partial charge in [-0.2, -0.15) is 0 Å². The molecule has 9 nitrogen and oxygen atoms in total. The number of carboxylic acids is 1. The number of nitrogens with one attached hydrogen (secondary N) is 3. The number of phenols is 1. The Kier molecular flexibility index (Phi) is 11.1. The molecule has 6 N–H and O–H groups in total. The summed E-state index contributed by atoms with van der Waals surface area (Å²) >= 11 is 0. The van der Waals surface area contributed by atoms with Crippen LogP contribution in [-0.4, -0.2) is 51.8 Å². The molecular formula is C33H43N3O6. The Morgan fingerprint density at radius 1 is 0.952 bits per heavy atom. The summed E-state index contributed by atoms with van der Waals surface area (Å²) in [4.78, 5) is 38.6. The summed E-state index contributed by atoms with van der Waals surface area (Å²) in [5.41, 5.74) is 1.84. The second kappa shape index (κ2) is 15.0. The molecule has 1 aliphatic carbocycles. The number of aromatic amines is 1. The zero-order chi connectivity index (χ0) is 30.0. The van der Waals surface area contributed by atoms with Crippen molar-refractivity contribution >= 4 is 22.8 Å². The Bertz CT molecular complexity index is 1410. The molecule has 1 heterocycles. The van der Waals surface area contributed by atoms with Crippen molar-refractivity contribution in [1.29, 1.82) is 0 Å². The number of aromatic nitrogens is 1. The second-order valence-electron chi connectivity index (χ2n) is 11.4. The van der Waals surface area contributed by atoms with Crippen LogP contribution in [0.3, 0.4) is 0 Å². The highest BCUT2D eigenvalue weighted by Crippen LogP contribution is 2.40. The third-order valence-electron chi connectivity index (χ3n) is 8.42. The number of hydrogen-bond acceptors (Lipinski definition) is 6. The molecule has 1 saturated carbocycles. The Hall–Kier alpha value is -3.69. The van der Waals surface area contributed by atoms with Crippen molar-refractivity contribution in [2.24, 2.45) is 0 Å². The molecule has 0 saturated heterocycles. The number of phenolic OH excluding ortho intramolecular Hbond substituents is 1. The molecule has 3 aromatic rings.